The lowest BCUT2D eigenvalue weighted by molar-refractivity contribution is 0.102. The van der Waals surface area contributed by atoms with Crippen molar-refractivity contribution in [1.82, 2.24) is 20.2 Å². The smallest absolute Gasteiger partial charge is 0.275 e. The fourth-order valence-electron chi connectivity index (χ4n) is 3.04. The number of hydrogen-bond acceptors (Lipinski definition) is 7. The van der Waals surface area contributed by atoms with Crippen LogP contribution in [0.15, 0.2) is 36.2 Å². The lowest BCUT2D eigenvalue weighted by Gasteiger charge is -2.33. The van der Waals surface area contributed by atoms with Gasteiger partial charge in [0.1, 0.15) is 10.7 Å². The molecule has 1 fully saturated rings. The number of aromatic nitrogens is 4. The molecule has 134 valence electrons. The van der Waals surface area contributed by atoms with Crippen LogP contribution in [-0.4, -0.2) is 45.2 Å². The number of nitrogens with zero attached hydrogens (tertiary/aromatic N) is 4. The molecule has 4 N–H and O–H groups in total. The van der Waals surface area contributed by atoms with Crippen molar-refractivity contribution in [2.75, 3.05) is 23.3 Å². The number of aromatic amines is 1. The number of nitrogens with one attached hydrogen (secondary N) is 2. The second-order valence-corrected chi connectivity index (χ2v) is 7.08. The molecule has 1 atom stereocenters. The number of piperidine rings is 1. The van der Waals surface area contributed by atoms with Gasteiger partial charge >= 0.3 is 0 Å². The highest BCUT2D eigenvalue weighted by molar-refractivity contribution is 7.13. The first-order valence-corrected chi connectivity index (χ1v) is 9.29. The van der Waals surface area contributed by atoms with E-state index in [4.69, 9.17) is 5.73 Å². The van der Waals surface area contributed by atoms with Gasteiger partial charge in [0.2, 0.25) is 0 Å². The zero-order valence-corrected chi connectivity index (χ0v) is 14.9. The molecule has 4 rings (SSSR count). The molecule has 1 saturated heterocycles. The number of anilines is 2. The third kappa shape index (κ3) is 3.44. The highest BCUT2D eigenvalue weighted by atomic mass is 32.1. The van der Waals surface area contributed by atoms with E-state index in [2.05, 4.69) is 30.4 Å². The molecular weight excluding hydrogens is 350 g/mol. The fourth-order valence-corrected chi connectivity index (χ4v) is 3.82. The SMILES string of the molecule is NC1CCCN(c2cnccc2NC(=O)c2csc(-c3cn[nH]c3)n2)C1. The highest BCUT2D eigenvalue weighted by Crippen LogP contribution is 2.28. The van der Waals surface area contributed by atoms with Gasteiger partial charge in [-0.3, -0.25) is 14.9 Å². The van der Waals surface area contributed by atoms with Crippen molar-refractivity contribution in [3.05, 3.63) is 41.9 Å². The lowest BCUT2D eigenvalue weighted by Crippen LogP contribution is -2.43. The minimum absolute atomic E-state index is 0.142. The summed E-state index contributed by atoms with van der Waals surface area (Å²) in [5.74, 6) is -0.246. The van der Waals surface area contributed by atoms with E-state index in [-0.39, 0.29) is 11.9 Å². The van der Waals surface area contributed by atoms with E-state index < -0.39 is 0 Å². The molecule has 1 aliphatic heterocycles. The third-order valence-corrected chi connectivity index (χ3v) is 5.22. The second-order valence-electron chi connectivity index (χ2n) is 6.22. The standard InChI is InChI=1S/C17H19N7OS/c18-12-2-1-5-24(9-12)15-8-19-4-3-13(15)22-16(25)14-10-26-17(23-14)11-6-20-21-7-11/h3-4,6-8,10,12H,1-2,5,9,18H2,(H,20,21)(H,19,22,25). The van der Waals surface area contributed by atoms with Crippen LogP contribution in [0.3, 0.4) is 0 Å². The molecule has 3 aromatic heterocycles. The van der Waals surface area contributed by atoms with E-state index >= 15 is 0 Å². The molecule has 0 saturated carbocycles. The molecule has 3 aromatic rings. The maximum absolute atomic E-state index is 12.6. The molecule has 0 aromatic carbocycles. The molecule has 0 bridgehead atoms. The fraction of sp³-hybridized carbons (Fsp3) is 0.294. The van der Waals surface area contributed by atoms with Crippen LogP contribution in [0.5, 0.6) is 0 Å². The van der Waals surface area contributed by atoms with E-state index in [1.54, 1.807) is 36.2 Å². The van der Waals surface area contributed by atoms with Gasteiger partial charge in [-0.1, -0.05) is 0 Å². The molecule has 0 spiro atoms. The van der Waals surface area contributed by atoms with E-state index in [0.29, 0.717) is 5.69 Å². The predicted octanol–water partition coefficient (Wildman–Crippen LogP) is 2.11. The van der Waals surface area contributed by atoms with Gasteiger partial charge < -0.3 is 16.0 Å². The Bertz CT molecular complexity index is 892. The number of H-pyrrole nitrogens is 1. The summed E-state index contributed by atoms with van der Waals surface area (Å²) >= 11 is 1.41. The molecule has 0 aliphatic carbocycles. The zero-order valence-electron chi connectivity index (χ0n) is 14.1. The minimum Gasteiger partial charge on any atom is -0.367 e. The molecule has 1 unspecified atom stereocenters. The summed E-state index contributed by atoms with van der Waals surface area (Å²) < 4.78 is 0. The van der Waals surface area contributed by atoms with Crippen LogP contribution in [0.25, 0.3) is 10.6 Å². The summed E-state index contributed by atoms with van der Waals surface area (Å²) in [6.07, 6.45) is 8.92. The highest BCUT2D eigenvalue weighted by Gasteiger charge is 2.21. The molecule has 9 heteroatoms. The maximum atomic E-state index is 12.6. The Hall–Kier alpha value is -2.78. The van der Waals surface area contributed by atoms with Crippen LogP contribution < -0.4 is 16.0 Å². The van der Waals surface area contributed by atoms with E-state index in [0.717, 1.165) is 47.9 Å². The first-order chi connectivity index (χ1) is 12.7. The number of hydrogen-bond donors (Lipinski definition) is 3. The Balaban J connectivity index is 1.53. The van der Waals surface area contributed by atoms with Crippen molar-refractivity contribution >= 4 is 28.6 Å². The molecule has 1 aliphatic rings. The molecular formula is C17H19N7OS. The minimum atomic E-state index is -0.246. The summed E-state index contributed by atoms with van der Waals surface area (Å²) in [6, 6.07) is 1.94. The van der Waals surface area contributed by atoms with Crippen molar-refractivity contribution in [3.63, 3.8) is 0 Å². The number of rotatable bonds is 4. The summed E-state index contributed by atoms with van der Waals surface area (Å²) in [6.45, 7) is 1.67. The molecule has 1 amide bonds. The zero-order chi connectivity index (χ0) is 17.9. The van der Waals surface area contributed by atoms with E-state index in [1.807, 2.05) is 0 Å². The average molecular weight is 369 g/mol. The van der Waals surface area contributed by atoms with Crippen LogP contribution in [-0.2, 0) is 0 Å². The average Bonchev–Trinajstić information content (AvgIpc) is 3.34. The van der Waals surface area contributed by atoms with E-state index in [9.17, 15) is 4.79 Å². The number of carbonyl (C=O) groups is 1. The van der Waals surface area contributed by atoms with Crippen molar-refractivity contribution in [1.29, 1.82) is 0 Å². The summed E-state index contributed by atoms with van der Waals surface area (Å²) in [5.41, 5.74) is 8.94. The predicted molar refractivity (Wildman–Crippen MR) is 101 cm³/mol. The summed E-state index contributed by atoms with van der Waals surface area (Å²) in [7, 11) is 0. The Morgan fingerprint density at radius 2 is 2.35 bits per heavy atom. The largest absolute Gasteiger partial charge is 0.367 e. The van der Waals surface area contributed by atoms with Crippen molar-refractivity contribution in [3.8, 4) is 10.6 Å². The van der Waals surface area contributed by atoms with Gasteiger partial charge in [-0.15, -0.1) is 11.3 Å². The number of pyridine rings is 1. The van der Waals surface area contributed by atoms with Crippen molar-refractivity contribution in [2.45, 2.75) is 18.9 Å². The topological polar surface area (TPSA) is 113 Å². The molecule has 26 heavy (non-hydrogen) atoms. The summed E-state index contributed by atoms with van der Waals surface area (Å²) in [5, 5.41) is 12.1. The van der Waals surface area contributed by atoms with Gasteiger partial charge in [0.25, 0.3) is 5.91 Å². The van der Waals surface area contributed by atoms with Gasteiger partial charge in [0.05, 0.1) is 23.8 Å². The van der Waals surface area contributed by atoms with Crippen LogP contribution in [0.4, 0.5) is 11.4 Å². The van der Waals surface area contributed by atoms with Gasteiger partial charge in [-0.2, -0.15) is 5.10 Å². The van der Waals surface area contributed by atoms with Gasteiger partial charge in [-0.25, -0.2) is 4.98 Å². The Morgan fingerprint density at radius 3 is 3.15 bits per heavy atom. The number of carbonyl (C=O) groups excluding carboxylic acids is 1. The summed E-state index contributed by atoms with van der Waals surface area (Å²) in [4.78, 5) is 23.4. The number of nitrogens with two attached hydrogens (primary N) is 1. The van der Waals surface area contributed by atoms with Gasteiger partial charge in [0, 0.05) is 42.5 Å². The van der Waals surface area contributed by atoms with Crippen LogP contribution in [0.1, 0.15) is 23.3 Å². The lowest BCUT2D eigenvalue weighted by atomic mass is 10.1. The number of amides is 1. The monoisotopic (exact) mass is 369 g/mol. The van der Waals surface area contributed by atoms with Crippen LogP contribution in [0.2, 0.25) is 0 Å². The van der Waals surface area contributed by atoms with Crippen molar-refractivity contribution in [2.24, 2.45) is 5.73 Å². The molecule has 4 heterocycles. The number of thiazole rings is 1. The first kappa shape index (κ1) is 16.7. The Morgan fingerprint density at radius 1 is 1.42 bits per heavy atom. The normalized spacial score (nSPS) is 17.3. The maximum Gasteiger partial charge on any atom is 0.275 e. The Kier molecular flexibility index (Phi) is 4.63. The molecule has 8 nitrogen and oxygen atoms in total. The van der Waals surface area contributed by atoms with Crippen LogP contribution in [0, 0.1) is 0 Å². The van der Waals surface area contributed by atoms with Crippen molar-refractivity contribution < 1.29 is 4.79 Å². The van der Waals surface area contributed by atoms with Gasteiger partial charge in [0.15, 0.2) is 0 Å². The molecule has 0 radical (unpaired) electrons. The first-order valence-electron chi connectivity index (χ1n) is 8.41. The third-order valence-electron chi connectivity index (χ3n) is 4.33. The van der Waals surface area contributed by atoms with Gasteiger partial charge in [-0.05, 0) is 18.9 Å². The quantitative estimate of drug-likeness (QED) is 0.649. The second kappa shape index (κ2) is 7.22. The Labute approximate surface area is 154 Å². The van der Waals surface area contributed by atoms with Crippen LogP contribution >= 0.6 is 11.3 Å². The van der Waals surface area contributed by atoms with E-state index in [1.165, 1.54) is 11.3 Å².